The van der Waals surface area contributed by atoms with Crippen molar-refractivity contribution in [2.24, 2.45) is 0 Å². The van der Waals surface area contributed by atoms with Crippen molar-refractivity contribution in [1.82, 2.24) is 20.1 Å². The van der Waals surface area contributed by atoms with Crippen molar-refractivity contribution in [2.45, 2.75) is 12.6 Å². The zero-order valence-electron chi connectivity index (χ0n) is 16.8. The van der Waals surface area contributed by atoms with Gasteiger partial charge in [0, 0.05) is 38.4 Å². The first-order valence-electron chi connectivity index (χ1n) is 10.0. The molecule has 0 saturated carbocycles. The minimum atomic E-state index is -4.34. The van der Waals surface area contributed by atoms with Gasteiger partial charge in [-0.3, -0.25) is 9.69 Å². The fourth-order valence-electron chi connectivity index (χ4n) is 3.61. The Morgan fingerprint density at radius 3 is 2.55 bits per heavy atom. The fraction of sp³-hybridized carbons (Fsp3) is 0.381. The number of halogens is 3. The Labute approximate surface area is 176 Å². The lowest BCUT2D eigenvalue weighted by molar-refractivity contribution is -0.137. The molecule has 7 nitrogen and oxygen atoms in total. The normalized spacial score (nSPS) is 15.4. The van der Waals surface area contributed by atoms with Gasteiger partial charge in [-0.1, -0.05) is 18.2 Å². The topological polar surface area (TPSA) is 63.5 Å². The number of alkyl halides is 3. The summed E-state index contributed by atoms with van der Waals surface area (Å²) in [5, 5.41) is 8.21. The summed E-state index contributed by atoms with van der Waals surface area (Å²) < 4.78 is 38.8. The smallest absolute Gasteiger partial charge is 0.392 e. The molecule has 164 valence electrons. The summed E-state index contributed by atoms with van der Waals surface area (Å²) in [6.07, 6.45) is -3.65. The lowest BCUT2D eigenvalue weighted by Gasteiger charge is -2.36. The number of fused-ring (bicyclic) bond motifs is 1. The Kier molecular flexibility index (Phi) is 6.08. The molecule has 2 aromatic carbocycles. The molecule has 0 amide bonds. The average Bonchev–Trinajstić information content (AvgIpc) is 2.78. The summed E-state index contributed by atoms with van der Waals surface area (Å²) >= 11 is 0. The maximum absolute atomic E-state index is 12.9. The Morgan fingerprint density at radius 2 is 1.77 bits per heavy atom. The van der Waals surface area contributed by atoms with Crippen LogP contribution in [0.2, 0.25) is 0 Å². The van der Waals surface area contributed by atoms with Gasteiger partial charge in [0.15, 0.2) is 0 Å². The first-order chi connectivity index (χ1) is 14.9. The maximum atomic E-state index is 12.9. The lowest BCUT2D eigenvalue weighted by Crippen LogP contribution is -2.47. The molecule has 0 bridgehead atoms. The number of aromatic nitrogens is 3. The summed E-state index contributed by atoms with van der Waals surface area (Å²) in [6, 6.07) is 12.4. The second-order valence-corrected chi connectivity index (χ2v) is 7.35. The van der Waals surface area contributed by atoms with E-state index in [4.69, 9.17) is 4.84 Å². The molecule has 31 heavy (non-hydrogen) atoms. The highest BCUT2D eigenvalue weighted by Gasteiger charge is 2.31. The van der Waals surface area contributed by atoms with Crippen LogP contribution in [0.4, 0.5) is 18.9 Å². The van der Waals surface area contributed by atoms with Crippen molar-refractivity contribution in [1.29, 1.82) is 0 Å². The van der Waals surface area contributed by atoms with Gasteiger partial charge >= 0.3 is 11.7 Å². The van der Waals surface area contributed by atoms with Gasteiger partial charge in [0.25, 0.3) is 0 Å². The van der Waals surface area contributed by atoms with Crippen LogP contribution in [0.3, 0.4) is 0 Å². The van der Waals surface area contributed by atoms with Crippen LogP contribution in [0.25, 0.3) is 10.9 Å². The van der Waals surface area contributed by atoms with E-state index in [0.717, 1.165) is 30.5 Å². The summed E-state index contributed by atoms with van der Waals surface area (Å²) in [6.45, 7) is 3.85. The number of anilines is 1. The van der Waals surface area contributed by atoms with Crippen molar-refractivity contribution in [2.75, 3.05) is 44.2 Å². The van der Waals surface area contributed by atoms with Gasteiger partial charge in [0.1, 0.15) is 12.1 Å². The van der Waals surface area contributed by atoms with Gasteiger partial charge in [-0.2, -0.15) is 13.2 Å². The molecule has 1 fully saturated rings. The summed E-state index contributed by atoms with van der Waals surface area (Å²) in [7, 11) is 0. The molecule has 0 atom stereocenters. The fourth-order valence-corrected chi connectivity index (χ4v) is 3.61. The van der Waals surface area contributed by atoms with Crippen LogP contribution in [-0.4, -0.2) is 59.4 Å². The van der Waals surface area contributed by atoms with E-state index in [1.165, 1.54) is 12.1 Å². The molecule has 10 heteroatoms. The lowest BCUT2D eigenvalue weighted by atomic mass is 10.1. The van der Waals surface area contributed by atoms with Crippen molar-refractivity contribution in [3.63, 3.8) is 0 Å². The van der Waals surface area contributed by atoms with Gasteiger partial charge in [-0.15, -0.1) is 5.10 Å². The third kappa shape index (κ3) is 4.96. The number of hydrogen-bond donors (Lipinski definition) is 0. The number of hydrogen-bond acceptors (Lipinski definition) is 6. The molecule has 1 saturated heterocycles. The molecule has 2 heterocycles. The Bertz CT molecular complexity index is 1090. The Balaban J connectivity index is 1.24. The van der Waals surface area contributed by atoms with Crippen LogP contribution in [0, 0.1) is 0 Å². The SMILES string of the molecule is O=c1c2ccccc2nnn1OCCCN1CCN(c2cccc(C(F)(F)F)c2)CC1. The highest BCUT2D eigenvalue weighted by molar-refractivity contribution is 5.76. The van der Waals surface area contributed by atoms with Gasteiger partial charge in [-0.25, -0.2) is 0 Å². The zero-order valence-corrected chi connectivity index (χ0v) is 16.8. The molecule has 1 aliphatic rings. The highest BCUT2D eigenvalue weighted by atomic mass is 19.4. The predicted octanol–water partition coefficient (Wildman–Crippen LogP) is 2.45. The summed E-state index contributed by atoms with van der Waals surface area (Å²) in [4.78, 5) is 22.9. The zero-order chi connectivity index (χ0) is 21.8. The molecule has 1 aliphatic heterocycles. The van der Waals surface area contributed by atoms with Crippen LogP contribution in [0.15, 0.2) is 53.3 Å². The minimum absolute atomic E-state index is 0.306. The molecule has 0 unspecified atom stereocenters. The van der Waals surface area contributed by atoms with E-state index in [9.17, 15) is 18.0 Å². The monoisotopic (exact) mass is 433 g/mol. The quantitative estimate of drug-likeness (QED) is 0.557. The van der Waals surface area contributed by atoms with E-state index < -0.39 is 11.7 Å². The largest absolute Gasteiger partial charge is 0.416 e. The molecule has 4 rings (SSSR count). The van der Waals surface area contributed by atoms with Gasteiger partial charge in [-0.05, 0) is 46.8 Å². The van der Waals surface area contributed by atoms with E-state index in [0.29, 0.717) is 42.7 Å². The second-order valence-electron chi connectivity index (χ2n) is 7.35. The minimum Gasteiger partial charge on any atom is -0.392 e. The number of piperazine rings is 1. The third-order valence-electron chi connectivity index (χ3n) is 5.29. The molecular weight excluding hydrogens is 411 g/mol. The number of rotatable bonds is 6. The summed E-state index contributed by atoms with van der Waals surface area (Å²) in [5.41, 5.74) is 0.134. The molecule has 0 radical (unpaired) electrons. The van der Waals surface area contributed by atoms with Crippen LogP contribution in [0.1, 0.15) is 12.0 Å². The van der Waals surface area contributed by atoms with Crippen molar-refractivity contribution in [3.8, 4) is 0 Å². The van der Waals surface area contributed by atoms with Crippen LogP contribution >= 0.6 is 0 Å². The maximum Gasteiger partial charge on any atom is 0.416 e. The van der Waals surface area contributed by atoms with E-state index >= 15 is 0 Å². The Hall–Kier alpha value is -3.14. The second kappa shape index (κ2) is 8.93. The van der Waals surface area contributed by atoms with Crippen molar-refractivity contribution >= 4 is 16.6 Å². The first kappa shape index (κ1) is 21.1. The Morgan fingerprint density at radius 1 is 1.00 bits per heavy atom. The molecule has 0 spiro atoms. The van der Waals surface area contributed by atoms with E-state index in [1.807, 2.05) is 4.90 Å². The van der Waals surface area contributed by atoms with Crippen LogP contribution < -0.4 is 15.3 Å². The van der Waals surface area contributed by atoms with Crippen LogP contribution in [0.5, 0.6) is 0 Å². The molecule has 1 aromatic heterocycles. The van der Waals surface area contributed by atoms with Gasteiger partial charge < -0.3 is 9.74 Å². The summed E-state index contributed by atoms with van der Waals surface area (Å²) in [5.74, 6) is 0. The average molecular weight is 433 g/mol. The number of benzene rings is 2. The standard InChI is InChI=1S/C21H22F3N5O2/c22-21(23,24)16-5-3-6-17(15-16)28-12-10-27(11-13-28)9-4-14-31-29-20(30)18-7-1-2-8-19(18)25-26-29/h1-3,5-8,15H,4,9-14H2. The molecular formula is C21H22F3N5O2. The molecule has 0 aliphatic carbocycles. The molecule has 3 aromatic rings. The van der Waals surface area contributed by atoms with Crippen molar-refractivity contribution in [3.05, 3.63) is 64.4 Å². The predicted molar refractivity (Wildman–Crippen MR) is 110 cm³/mol. The van der Waals surface area contributed by atoms with E-state index in [-0.39, 0.29) is 5.56 Å². The van der Waals surface area contributed by atoms with Crippen molar-refractivity contribution < 1.29 is 18.0 Å². The number of nitrogens with zero attached hydrogens (tertiary/aromatic N) is 5. The van der Waals surface area contributed by atoms with Gasteiger partial charge in [0.2, 0.25) is 0 Å². The highest BCUT2D eigenvalue weighted by Crippen LogP contribution is 2.31. The molecule has 0 N–H and O–H groups in total. The third-order valence-corrected chi connectivity index (χ3v) is 5.29. The first-order valence-corrected chi connectivity index (χ1v) is 10.0. The van der Waals surface area contributed by atoms with E-state index in [2.05, 4.69) is 15.2 Å². The van der Waals surface area contributed by atoms with E-state index in [1.54, 1.807) is 30.3 Å². The van der Waals surface area contributed by atoms with Crippen LogP contribution in [-0.2, 0) is 6.18 Å². The van der Waals surface area contributed by atoms with Gasteiger partial charge in [0.05, 0.1) is 10.9 Å².